The van der Waals surface area contributed by atoms with Gasteiger partial charge in [0.25, 0.3) is 0 Å². The number of hydrogen-bond acceptors (Lipinski definition) is 2. The third-order valence-corrected chi connectivity index (χ3v) is 6.71. The van der Waals surface area contributed by atoms with Gasteiger partial charge in [0.05, 0.1) is 5.69 Å². The van der Waals surface area contributed by atoms with Gasteiger partial charge >= 0.3 is 0 Å². The maximum Gasteiger partial charge on any atom is 0.0512 e. The smallest absolute Gasteiger partial charge is 0.0512 e. The van der Waals surface area contributed by atoms with E-state index in [1.54, 1.807) is 0 Å². The monoisotopic (exact) mass is 376 g/mol. The van der Waals surface area contributed by atoms with Crippen molar-refractivity contribution in [3.8, 4) is 11.3 Å². The molecule has 4 aromatic rings. The van der Waals surface area contributed by atoms with Gasteiger partial charge in [0.2, 0.25) is 0 Å². The first-order chi connectivity index (χ1) is 13.2. The van der Waals surface area contributed by atoms with Crippen LogP contribution < -0.4 is 5.73 Å². The van der Waals surface area contributed by atoms with Crippen LogP contribution in [0.15, 0.2) is 47.8 Å². The molecule has 0 radical (unpaired) electrons. The Morgan fingerprint density at radius 3 is 2.67 bits per heavy atom. The number of benzene rings is 2. The van der Waals surface area contributed by atoms with Crippen molar-refractivity contribution in [2.24, 2.45) is 5.73 Å². The second-order valence-corrected chi connectivity index (χ2v) is 8.36. The van der Waals surface area contributed by atoms with E-state index in [2.05, 4.69) is 66.7 Å². The summed E-state index contributed by atoms with van der Waals surface area (Å²) in [5.74, 6) is 0.552. The van der Waals surface area contributed by atoms with Gasteiger partial charge in [-0.05, 0) is 55.3 Å². The van der Waals surface area contributed by atoms with Gasteiger partial charge in [0.15, 0.2) is 0 Å². The minimum atomic E-state index is 0.552. The summed E-state index contributed by atoms with van der Waals surface area (Å²) in [5.41, 5.74) is 12.6. The Labute approximate surface area is 165 Å². The van der Waals surface area contributed by atoms with Gasteiger partial charge in [-0.2, -0.15) is 0 Å². The summed E-state index contributed by atoms with van der Waals surface area (Å²) >= 11 is 1.83. The van der Waals surface area contributed by atoms with E-state index in [-0.39, 0.29) is 0 Å². The zero-order chi connectivity index (χ0) is 18.8. The first-order valence-electron chi connectivity index (χ1n) is 10.0. The van der Waals surface area contributed by atoms with E-state index in [1.165, 1.54) is 43.4 Å². The molecular weight excluding hydrogens is 348 g/mol. The molecule has 4 rings (SSSR count). The fourth-order valence-corrected chi connectivity index (χ4v) is 4.99. The molecule has 0 spiro atoms. The molecule has 3 N–H and O–H groups in total. The number of unbranched alkanes of at least 4 members (excludes halogenated alkanes) is 1. The van der Waals surface area contributed by atoms with E-state index in [4.69, 9.17) is 5.73 Å². The molecule has 2 nitrogen and oxygen atoms in total. The maximum absolute atomic E-state index is 5.76. The minimum Gasteiger partial charge on any atom is -0.354 e. The van der Waals surface area contributed by atoms with E-state index < -0.39 is 0 Å². The first-order valence-corrected chi connectivity index (χ1v) is 10.9. The molecule has 2 aromatic heterocycles. The Morgan fingerprint density at radius 2 is 1.85 bits per heavy atom. The molecule has 0 fully saturated rings. The lowest BCUT2D eigenvalue weighted by molar-refractivity contribution is 0.738. The lowest BCUT2D eigenvalue weighted by atomic mass is 9.94. The Balaban J connectivity index is 1.93. The Hall–Kier alpha value is -2.10. The van der Waals surface area contributed by atoms with E-state index in [9.17, 15) is 0 Å². The maximum atomic E-state index is 5.76. The number of H-pyrrole nitrogens is 1. The minimum absolute atomic E-state index is 0.552. The van der Waals surface area contributed by atoms with Crippen molar-refractivity contribution < 1.29 is 0 Å². The molecular formula is C24H28N2S. The fourth-order valence-electron chi connectivity index (χ4n) is 4.03. The van der Waals surface area contributed by atoms with Crippen LogP contribution in [0.3, 0.4) is 0 Å². The number of nitrogens with two attached hydrogens (primary N) is 1. The summed E-state index contributed by atoms with van der Waals surface area (Å²) in [7, 11) is 0. The van der Waals surface area contributed by atoms with E-state index in [1.807, 2.05) is 11.3 Å². The predicted octanol–water partition coefficient (Wildman–Crippen LogP) is 6.84. The Bertz CT molecular complexity index is 1060. The quantitative estimate of drug-likeness (QED) is 0.340. The lowest BCUT2D eigenvalue weighted by Gasteiger charge is -2.10. The zero-order valence-electron chi connectivity index (χ0n) is 16.2. The number of thiophene rings is 1. The van der Waals surface area contributed by atoms with Crippen LogP contribution in [0, 0.1) is 0 Å². The molecule has 0 bridgehead atoms. The molecule has 0 aliphatic carbocycles. The van der Waals surface area contributed by atoms with Crippen LogP contribution >= 0.6 is 11.3 Å². The zero-order valence-corrected chi connectivity index (χ0v) is 17.0. The molecule has 27 heavy (non-hydrogen) atoms. The highest BCUT2D eigenvalue weighted by Crippen LogP contribution is 2.40. The highest BCUT2D eigenvalue weighted by atomic mass is 32.1. The van der Waals surface area contributed by atoms with Gasteiger partial charge in [-0.15, -0.1) is 11.3 Å². The Morgan fingerprint density at radius 1 is 1.04 bits per heavy atom. The first kappa shape index (κ1) is 18.3. The summed E-state index contributed by atoms with van der Waals surface area (Å²) < 4.78 is 1.35. The van der Waals surface area contributed by atoms with E-state index in [0.717, 1.165) is 32.2 Å². The van der Waals surface area contributed by atoms with Gasteiger partial charge in [-0.25, -0.2) is 0 Å². The number of aromatic nitrogens is 1. The van der Waals surface area contributed by atoms with Gasteiger partial charge in [-0.1, -0.05) is 50.2 Å². The van der Waals surface area contributed by atoms with Crippen LogP contribution in [0.2, 0.25) is 0 Å². The SMILES string of the molecule is CCC(C)c1cccc2c(CCCCN)c(-c3csc4ccccc34)[nH]c12. The average Bonchev–Trinajstić information content (AvgIpc) is 3.29. The Kier molecular flexibility index (Phi) is 5.33. The van der Waals surface area contributed by atoms with E-state index in [0.29, 0.717) is 5.92 Å². The molecule has 0 amide bonds. The molecule has 0 aliphatic heterocycles. The van der Waals surface area contributed by atoms with Gasteiger partial charge < -0.3 is 10.7 Å². The van der Waals surface area contributed by atoms with Crippen LogP contribution in [0.1, 0.15) is 50.2 Å². The van der Waals surface area contributed by atoms with Crippen molar-refractivity contribution in [3.05, 3.63) is 59.0 Å². The standard InChI is InChI=1S/C24H28N2S/c1-3-16(2)17-11-8-12-20-19(10-6-7-14-25)24(26-23(17)20)21-15-27-22-13-5-4-9-18(21)22/h4-5,8-9,11-13,15-16,26H,3,6-7,10,14,25H2,1-2H3. The van der Waals surface area contributed by atoms with Crippen molar-refractivity contribution in [2.45, 2.75) is 45.4 Å². The number of para-hydroxylation sites is 1. The van der Waals surface area contributed by atoms with Crippen molar-refractivity contribution >= 4 is 32.3 Å². The number of nitrogens with one attached hydrogen (secondary N) is 1. The highest BCUT2D eigenvalue weighted by molar-refractivity contribution is 7.17. The van der Waals surface area contributed by atoms with Crippen molar-refractivity contribution in [3.63, 3.8) is 0 Å². The molecule has 2 aromatic carbocycles. The molecule has 140 valence electrons. The normalized spacial score (nSPS) is 12.9. The molecule has 0 saturated carbocycles. The average molecular weight is 377 g/mol. The number of rotatable bonds is 7. The number of aromatic amines is 1. The molecule has 1 unspecified atom stereocenters. The number of fused-ring (bicyclic) bond motifs is 2. The third-order valence-electron chi connectivity index (χ3n) is 5.75. The van der Waals surface area contributed by atoms with Gasteiger partial charge in [-0.3, -0.25) is 0 Å². The van der Waals surface area contributed by atoms with Crippen LogP contribution in [0.5, 0.6) is 0 Å². The fraction of sp³-hybridized carbons (Fsp3) is 0.333. The van der Waals surface area contributed by atoms with Crippen molar-refractivity contribution in [1.82, 2.24) is 4.98 Å². The summed E-state index contributed by atoms with van der Waals surface area (Å²) in [6.45, 7) is 5.35. The van der Waals surface area contributed by atoms with Gasteiger partial charge in [0.1, 0.15) is 0 Å². The lowest BCUT2D eigenvalue weighted by Crippen LogP contribution is -1.99. The summed E-state index contributed by atoms with van der Waals surface area (Å²) in [5, 5.41) is 5.04. The highest BCUT2D eigenvalue weighted by Gasteiger charge is 2.19. The summed E-state index contributed by atoms with van der Waals surface area (Å²) in [4.78, 5) is 3.84. The number of hydrogen-bond donors (Lipinski definition) is 2. The van der Waals surface area contributed by atoms with Crippen molar-refractivity contribution in [2.75, 3.05) is 6.54 Å². The molecule has 2 heterocycles. The van der Waals surface area contributed by atoms with Crippen LogP contribution in [0.25, 0.3) is 32.2 Å². The van der Waals surface area contributed by atoms with Gasteiger partial charge in [0, 0.05) is 31.9 Å². The third kappa shape index (κ3) is 3.30. The van der Waals surface area contributed by atoms with Crippen LogP contribution in [-0.2, 0) is 6.42 Å². The topological polar surface area (TPSA) is 41.8 Å². The summed E-state index contributed by atoms with van der Waals surface area (Å²) in [6, 6.07) is 15.5. The largest absolute Gasteiger partial charge is 0.354 e. The van der Waals surface area contributed by atoms with Crippen LogP contribution in [-0.4, -0.2) is 11.5 Å². The van der Waals surface area contributed by atoms with Crippen molar-refractivity contribution in [1.29, 1.82) is 0 Å². The predicted molar refractivity (Wildman–Crippen MR) is 120 cm³/mol. The molecule has 0 saturated heterocycles. The summed E-state index contributed by atoms with van der Waals surface area (Å²) in [6.07, 6.45) is 4.42. The second kappa shape index (κ2) is 7.87. The molecule has 1 atom stereocenters. The number of aryl methyl sites for hydroxylation is 1. The van der Waals surface area contributed by atoms with Crippen LogP contribution in [0.4, 0.5) is 0 Å². The second-order valence-electron chi connectivity index (χ2n) is 7.45. The molecule has 3 heteroatoms. The van der Waals surface area contributed by atoms with E-state index >= 15 is 0 Å². The molecule has 0 aliphatic rings.